The second-order valence-electron chi connectivity index (χ2n) is 3.70. The van der Waals surface area contributed by atoms with Crippen molar-refractivity contribution in [2.45, 2.75) is 25.6 Å². The quantitative estimate of drug-likeness (QED) is 0.805. The average molecular weight is 253 g/mol. The maximum absolute atomic E-state index is 12.5. The Balaban J connectivity index is 3.29. The lowest BCUT2D eigenvalue weighted by Crippen LogP contribution is -2.15. The Morgan fingerprint density at radius 2 is 1.59 bits per heavy atom. The predicted molar refractivity (Wildman–Crippen MR) is 53.9 cm³/mol. The molecule has 1 aromatic carbocycles. The zero-order valence-electron chi connectivity index (χ0n) is 9.28. The number of hydrogen-bond acceptors (Lipinski definition) is 1. The van der Waals surface area contributed by atoms with Crippen LogP contribution in [0.4, 0.5) is 22.0 Å². The molecule has 1 N–H and O–H groups in total. The van der Waals surface area contributed by atoms with Crippen LogP contribution < -0.4 is 5.32 Å². The van der Waals surface area contributed by atoms with Crippen LogP contribution in [0.15, 0.2) is 18.2 Å². The van der Waals surface area contributed by atoms with Crippen LogP contribution in [0.1, 0.15) is 36.1 Å². The maximum atomic E-state index is 12.5. The zero-order chi connectivity index (χ0) is 13.2. The predicted octanol–water partition coefficient (Wildman–Crippen LogP) is 3.92. The second-order valence-corrected chi connectivity index (χ2v) is 3.70. The molecule has 0 fully saturated rings. The van der Waals surface area contributed by atoms with Crippen molar-refractivity contribution < 1.29 is 22.0 Å². The monoisotopic (exact) mass is 253 g/mol. The number of benzene rings is 1. The third kappa shape index (κ3) is 3.39. The average Bonchev–Trinajstić information content (AvgIpc) is 2.26. The Hall–Kier alpha value is -1.17. The van der Waals surface area contributed by atoms with E-state index in [0.29, 0.717) is 6.07 Å². The van der Waals surface area contributed by atoms with E-state index in [9.17, 15) is 22.0 Å². The summed E-state index contributed by atoms with van der Waals surface area (Å²) >= 11 is 0. The summed E-state index contributed by atoms with van der Waals surface area (Å²) in [4.78, 5) is 0. The fourth-order valence-corrected chi connectivity index (χ4v) is 1.38. The van der Waals surface area contributed by atoms with Crippen molar-refractivity contribution in [3.8, 4) is 0 Å². The summed E-state index contributed by atoms with van der Waals surface area (Å²) in [6, 6.07) is 2.03. The van der Waals surface area contributed by atoms with Crippen LogP contribution in [0.5, 0.6) is 0 Å². The highest BCUT2D eigenvalue weighted by Gasteiger charge is 2.32. The Kier molecular flexibility index (Phi) is 4.08. The lowest BCUT2D eigenvalue weighted by molar-refractivity contribution is -0.137. The SMILES string of the molecule is CN[C@H](C)c1cc(C(F)F)cc(C(F)(F)F)c1. The highest BCUT2D eigenvalue weighted by atomic mass is 19.4. The third-order valence-electron chi connectivity index (χ3n) is 2.49. The van der Waals surface area contributed by atoms with Gasteiger partial charge in [0.15, 0.2) is 0 Å². The van der Waals surface area contributed by atoms with Crippen LogP contribution in [0.2, 0.25) is 0 Å². The van der Waals surface area contributed by atoms with Gasteiger partial charge in [-0.25, -0.2) is 8.78 Å². The fraction of sp³-hybridized carbons (Fsp3) is 0.455. The van der Waals surface area contributed by atoms with E-state index < -0.39 is 29.8 Å². The molecule has 0 bridgehead atoms. The van der Waals surface area contributed by atoms with Crippen molar-refractivity contribution in [1.29, 1.82) is 0 Å². The highest BCUT2D eigenvalue weighted by Crippen LogP contribution is 2.34. The van der Waals surface area contributed by atoms with Gasteiger partial charge in [-0.2, -0.15) is 13.2 Å². The molecular weight excluding hydrogens is 241 g/mol. The summed E-state index contributed by atoms with van der Waals surface area (Å²) in [7, 11) is 1.55. The molecule has 0 spiro atoms. The minimum atomic E-state index is -4.62. The minimum absolute atomic E-state index is 0.192. The topological polar surface area (TPSA) is 12.0 Å². The summed E-state index contributed by atoms with van der Waals surface area (Å²) in [6.45, 7) is 1.60. The molecule has 96 valence electrons. The van der Waals surface area contributed by atoms with E-state index in [0.717, 1.165) is 12.1 Å². The number of alkyl halides is 5. The number of nitrogens with one attached hydrogen (secondary N) is 1. The third-order valence-corrected chi connectivity index (χ3v) is 2.49. The number of hydrogen-bond donors (Lipinski definition) is 1. The Bertz CT molecular complexity index is 386. The normalized spacial score (nSPS) is 14.1. The fourth-order valence-electron chi connectivity index (χ4n) is 1.38. The first kappa shape index (κ1) is 13.9. The molecule has 0 unspecified atom stereocenters. The summed E-state index contributed by atoms with van der Waals surface area (Å²) < 4.78 is 62.5. The first-order valence-electron chi connectivity index (χ1n) is 4.93. The molecule has 1 atom stereocenters. The summed E-state index contributed by atoms with van der Waals surface area (Å²) in [5, 5.41) is 2.71. The van der Waals surface area contributed by atoms with Crippen LogP contribution in [0.3, 0.4) is 0 Å². The van der Waals surface area contributed by atoms with E-state index >= 15 is 0 Å². The van der Waals surface area contributed by atoms with Crippen molar-refractivity contribution >= 4 is 0 Å². The smallest absolute Gasteiger partial charge is 0.313 e. The molecular formula is C11H12F5N. The van der Waals surface area contributed by atoms with E-state index in [1.165, 1.54) is 0 Å². The Morgan fingerprint density at radius 3 is 2.00 bits per heavy atom. The van der Waals surface area contributed by atoms with Gasteiger partial charge in [-0.3, -0.25) is 0 Å². The Morgan fingerprint density at radius 1 is 1.06 bits per heavy atom. The molecule has 1 aromatic rings. The van der Waals surface area contributed by atoms with E-state index in [4.69, 9.17) is 0 Å². The number of halogens is 5. The largest absolute Gasteiger partial charge is 0.416 e. The summed E-state index contributed by atoms with van der Waals surface area (Å²) in [5.74, 6) is 0. The molecule has 1 rings (SSSR count). The van der Waals surface area contributed by atoms with Gasteiger partial charge in [-0.05, 0) is 37.7 Å². The van der Waals surface area contributed by atoms with Gasteiger partial charge in [-0.1, -0.05) is 0 Å². The van der Waals surface area contributed by atoms with Gasteiger partial charge in [0, 0.05) is 11.6 Å². The standard InChI is InChI=1S/C11H12F5N/c1-6(17-2)7-3-8(10(12)13)5-9(4-7)11(14,15)16/h3-6,10,17H,1-2H3/t6-/m1/s1. The first-order chi connectivity index (χ1) is 7.75. The van der Waals surface area contributed by atoms with Gasteiger partial charge < -0.3 is 5.32 Å². The van der Waals surface area contributed by atoms with Crippen LogP contribution in [0, 0.1) is 0 Å². The molecule has 6 heteroatoms. The summed E-state index contributed by atoms with van der Waals surface area (Å²) in [5.41, 5.74) is -1.47. The number of rotatable bonds is 3. The van der Waals surface area contributed by atoms with E-state index in [1.807, 2.05) is 0 Å². The zero-order valence-corrected chi connectivity index (χ0v) is 9.28. The highest BCUT2D eigenvalue weighted by molar-refractivity contribution is 5.34. The molecule has 0 saturated heterocycles. The van der Waals surface area contributed by atoms with Crippen molar-refractivity contribution in [2.75, 3.05) is 7.05 Å². The van der Waals surface area contributed by atoms with Gasteiger partial charge >= 0.3 is 6.18 Å². The molecule has 17 heavy (non-hydrogen) atoms. The van der Waals surface area contributed by atoms with Gasteiger partial charge in [-0.15, -0.1) is 0 Å². The summed E-state index contributed by atoms with van der Waals surface area (Å²) in [6.07, 6.45) is -7.53. The molecule has 0 heterocycles. The molecule has 0 aliphatic rings. The van der Waals surface area contributed by atoms with Crippen molar-refractivity contribution in [2.24, 2.45) is 0 Å². The Labute approximate surface area is 95.6 Å². The molecule has 0 saturated carbocycles. The van der Waals surface area contributed by atoms with Gasteiger partial charge in [0.1, 0.15) is 0 Å². The lowest BCUT2D eigenvalue weighted by atomic mass is 10.0. The minimum Gasteiger partial charge on any atom is -0.313 e. The maximum Gasteiger partial charge on any atom is 0.416 e. The first-order valence-corrected chi connectivity index (χ1v) is 4.93. The van der Waals surface area contributed by atoms with E-state index in [2.05, 4.69) is 5.32 Å². The van der Waals surface area contributed by atoms with Crippen molar-refractivity contribution in [3.63, 3.8) is 0 Å². The van der Waals surface area contributed by atoms with Crippen LogP contribution in [0.25, 0.3) is 0 Å². The molecule has 0 aliphatic heterocycles. The van der Waals surface area contributed by atoms with E-state index in [-0.39, 0.29) is 5.56 Å². The van der Waals surface area contributed by atoms with Gasteiger partial charge in [0.2, 0.25) is 0 Å². The van der Waals surface area contributed by atoms with Crippen molar-refractivity contribution in [3.05, 3.63) is 34.9 Å². The second kappa shape index (κ2) is 5.00. The van der Waals surface area contributed by atoms with Crippen LogP contribution in [-0.4, -0.2) is 7.05 Å². The molecule has 0 aromatic heterocycles. The lowest BCUT2D eigenvalue weighted by Gasteiger charge is -2.16. The molecule has 1 nitrogen and oxygen atoms in total. The van der Waals surface area contributed by atoms with E-state index in [1.54, 1.807) is 14.0 Å². The van der Waals surface area contributed by atoms with Crippen molar-refractivity contribution in [1.82, 2.24) is 5.32 Å². The van der Waals surface area contributed by atoms with Crippen LogP contribution in [-0.2, 0) is 6.18 Å². The molecule has 0 amide bonds. The molecule has 0 radical (unpaired) electrons. The van der Waals surface area contributed by atoms with Crippen LogP contribution >= 0.6 is 0 Å². The molecule has 0 aliphatic carbocycles. The van der Waals surface area contributed by atoms with Gasteiger partial charge in [0.25, 0.3) is 6.43 Å². The van der Waals surface area contributed by atoms with Gasteiger partial charge in [0.05, 0.1) is 5.56 Å².